The summed E-state index contributed by atoms with van der Waals surface area (Å²) >= 11 is 1.73. The van der Waals surface area contributed by atoms with Crippen LogP contribution in [0.25, 0.3) is 0 Å². The van der Waals surface area contributed by atoms with Crippen LogP contribution in [-0.4, -0.2) is 30.0 Å². The molecule has 0 saturated carbocycles. The van der Waals surface area contributed by atoms with E-state index in [1.54, 1.807) is 11.8 Å². The maximum atomic E-state index is 12.8. The van der Waals surface area contributed by atoms with Gasteiger partial charge in [-0.1, -0.05) is 6.92 Å². The lowest BCUT2D eigenvalue weighted by molar-refractivity contribution is -0.140. The molecule has 0 radical (unpaired) electrons. The standard InChI is InChI=1S/C12H22F2O2S/c1-3-12(13,14)7-4-5-9-17-10-6-8-16-11(2)15/h3-10H2,1-2H3. The molecule has 0 unspecified atom stereocenters. The van der Waals surface area contributed by atoms with Crippen LogP contribution in [0.3, 0.4) is 0 Å². The lowest BCUT2D eigenvalue weighted by Crippen LogP contribution is -2.13. The van der Waals surface area contributed by atoms with Gasteiger partial charge in [0.15, 0.2) is 0 Å². The maximum Gasteiger partial charge on any atom is 0.302 e. The van der Waals surface area contributed by atoms with Crippen molar-refractivity contribution in [1.82, 2.24) is 0 Å². The van der Waals surface area contributed by atoms with E-state index in [2.05, 4.69) is 0 Å². The molecule has 102 valence electrons. The minimum atomic E-state index is -2.49. The third-order valence-corrected chi connectivity index (χ3v) is 3.49. The zero-order valence-electron chi connectivity index (χ0n) is 10.6. The molecule has 0 bridgehead atoms. The van der Waals surface area contributed by atoms with Gasteiger partial charge in [0, 0.05) is 19.8 Å². The van der Waals surface area contributed by atoms with Crippen molar-refractivity contribution in [3.05, 3.63) is 0 Å². The maximum absolute atomic E-state index is 12.8. The Hall–Kier alpha value is -0.320. The van der Waals surface area contributed by atoms with Crippen LogP contribution in [0.15, 0.2) is 0 Å². The Morgan fingerprint density at radius 2 is 1.88 bits per heavy atom. The molecule has 0 atom stereocenters. The average molecular weight is 268 g/mol. The van der Waals surface area contributed by atoms with E-state index >= 15 is 0 Å². The molecular formula is C12H22F2O2S. The van der Waals surface area contributed by atoms with Crippen LogP contribution in [0.5, 0.6) is 0 Å². The van der Waals surface area contributed by atoms with Gasteiger partial charge in [0.25, 0.3) is 0 Å². The van der Waals surface area contributed by atoms with Gasteiger partial charge in [-0.05, 0) is 30.8 Å². The van der Waals surface area contributed by atoms with E-state index in [0.29, 0.717) is 13.0 Å². The van der Waals surface area contributed by atoms with Crippen molar-refractivity contribution in [3.63, 3.8) is 0 Å². The Bertz CT molecular complexity index is 211. The van der Waals surface area contributed by atoms with Crippen molar-refractivity contribution in [2.75, 3.05) is 18.1 Å². The number of halogens is 2. The number of hydrogen-bond donors (Lipinski definition) is 0. The number of hydrogen-bond acceptors (Lipinski definition) is 3. The van der Waals surface area contributed by atoms with Crippen molar-refractivity contribution in [2.45, 2.75) is 51.9 Å². The molecule has 5 heteroatoms. The fourth-order valence-corrected chi connectivity index (χ4v) is 2.18. The molecule has 0 amide bonds. The highest BCUT2D eigenvalue weighted by Gasteiger charge is 2.24. The molecule has 0 aromatic rings. The average Bonchev–Trinajstić information content (AvgIpc) is 2.26. The third-order valence-electron chi connectivity index (χ3n) is 2.34. The minimum Gasteiger partial charge on any atom is -0.466 e. The number of unbranched alkanes of at least 4 members (excludes halogenated alkanes) is 1. The first-order chi connectivity index (χ1) is 7.98. The van der Waals surface area contributed by atoms with E-state index in [0.717, 1.165) is 24.3 Å². The first kappa shape index (κ1) is 16.7. The number of alkyl halides is 2. The summed E-state index contributed by atoms with van der Waals surface area (Å²) in [5, 5.41) is 0. The molecule has 2 nitrogen and oxygen atoms in total. The van der Waals surface area contributed by atoms with Crippen LogP contribution in [-0.2, 0) is 9.53 Å². The van der Waals surface area contributed by atoms with E-state index in [9.17, 15) is 13.6 Å². The second-order valence-corrected chi connectivity index (χ2v) is 5.20. The van der Waals surface area contributed by atoms with Gasteiger partial charge in [0.05, 0.1) is 6.61 Å². The first-order valence-electron chi connectivity index (χ1n) is 6.07. The van der Waals surface area contributed by atoms with E-state index < -0.39 is 5.92 Å². The summed E-state index contributed by atoms with van der Waals surface area (Å²) in [4.78, 5) is 10.4. The SMILES string of the molecule is CCC(F)(F)CCCCSCCCOC(C)=O. The van der Waals surface area contributed by atoms with Crippen molar-refractivity contribution in [3.8, 4) is 0 Å². The predicted octanol–water partition coefficient (Wildman–Crippen LogP) is 3.89. The van der Waals surface area contributed by atoms with Crippen molar-refractivity contribution < 1.29 is 18.3 Å². The Morgan fingerprint density at radius 3 is 2.47 bits per heavy atom. The smallest absolute Gasteiger partial charge is 0.302 e. The highest BCUT2D eigenvalue weighted by Crippen LogP contribution is 2.25. The quantitative estimate of drug-likeness (QED) is 0.444. The van der Waals surface area contributed by atoms with Crippen molar-refractivity contribution >= 4 is 17.7 Å². The monoisotopic (exact) mass is 268 g/mol. The highest BCUT2D eigenvalue weighted by molar-refractivity contribution is 7.99. The van der Waals surface area contributed by atoms with Crippen LogP contribution >= 0.6 is 11.8 Å². The highest BCUT2D eigenvalue weighted by atomic mass is 32.2. The Kier molecular flexibility index (Phi) is 9.50. The van der Waals surface area contributed by atoms with Gasteiger partial charge < -0.3 is 4.74 Å². The number of carbonyl (C=O) groups excluding carboxylic acids is 1. The van der Waals surface area contributed by atoms with Gasteiger partial charge in [-0.15, -0.1) is 0 Å². The zero-order valence-corrected chi connectivity index (χ0v) is 11.5. The molecule has 0 spiro atoms. The fraction of sp³-hybridized carbons (Fsp3) is 0.917. The summed E-state index contributed by atoms with van der Waals surface area (Å²) in [6, 6.07) is 0. The van der Waals surface area contributed by atoms with Crippen LogP contribution in [0.1, 0.15) is 46.0 Å². The predicted molar refractivity (Wildman–Crippen MR) is 67.7 cm³/mol. The molecule has 0 aromatic carbocycles. The van der Waals surface area contributed by atoms with Crippen LogP contribution < -0.4 is 0 Å². The second kappa shape index (κ2) is 9.68. The van der Waals surface area contributed by atoms with Crippen LogP contribution in [0.4, 0.5) is 8.78 Å². The Balaban J connectivity index is 3.16. The summed E-state index contributed by atoms with van der Waals surface area (Å²) in [7, 11) is 0. The molecule has 0 aromatic heterocycles. The van der Waals surface area contributed by atoms with Gasteiger partial charge in [0.1, 0.15) is 0 Å². The largest absolute Gasteiger partial charge is 0.466 e. The number of esters is 1. The zero-order chi connectivity index (χ0) is 13.1. The fourth-order valence-electron chi connectivity index (χ4n) is 1.24. The lowest BCUT2D eigenvalue weighted by atomic mass is 10.1. The molecule has 0 fully saturated rings. The second-order valence-electron chi connectivity index (χ2n) is 3.97. The van der Waals surface area contributed by atoms with Crippen molar-refractivity contribution in [2.24, 2.45) is 0 Å². The van der Waals surface area contributed by atoms with Gasteiger partial charge >= 0.3 is 5.97 Å². The van der Waals surface area contributed by atoms with E-state index in [1.165, 1.54) is 13.8 Å². The summed E-state index contributed by atoms with van der Waals surface area (Å²) in [5.41, 5.74) is 0. The summed E-state index contributed by atoms with van der Waals surface area (Å²) in [6.07, 6.45) is 2.17. The number of carbonyl (C=O) groups is 1. The molecule has 0 heterocycles. The molecule has 0 aliphatic rings. The normalized spacial score (nSPS) is 11.5. The van der Waals surface area contributed by atoms with Gasteiger partial charge in [0.2, 0.25) is 5.92 Å². The van der Waals surface area contributed by atoms with Gasteiger partial charge in [-0.3, -0.25) is 4.79 Å². The van der Waals surface area contributed by atoms with Crippen LogP contribution in [0.2, 0.25) is 0 Å². The van der Waals surface area contributed by atoms with Crippen LogP contribution in [0, 0.1) is 0 Å². The molecule has 0 rings (SSSR count). The van der Waals surface area contributed by atoms with E-state index in [-0.39, 0.29) is 18.8 Å². The summed E-state index contributed by atoms with van der Waals surface area (Å²) in [6.45, 7) is 3.36. The van der Waals surface area contributed by atoms with E-state index in [1.807, 2.05) is 0 Å². The number of ether oxygens (including phenoxy) is 1. The number of thioether (sulfide) groups is 1. The van der Waals surface area contributed by atoms with Gasteiger partial charge in [-0.2, -0.15) is 11.8 Å². The molecule has 17 heavy (non-hydrogen) atoms. The number of rotatable bonds is 10. The Morgan fingerprint density at radius 1 is 1.24 bits per heavy atom. The summed E-state index contributed by atoms with van der Waals surface area (Å²) < 4.78 is 30.5. The first-order valence-corrected chi connectivity index (χ1v) is 7.22. The summed E-state index contributed by atoms with van der Waals surface area (Å²) in [5.74, 6) is -0.922. The minimum absolute atomic E-state index is 0.00247. The molecule has 0 aliphatic carbocycles. The van der Waals surface area contributed by atoms with Gasteiger partial charge in [-0.25, -0.2) is 8.78 Å². The van der Waals surface area contributed by atoms with Crippen molar-refractivity contribution in [1.29, 1.82) is 0 Å². The lowest BCUT2D eigenvalue weighted by Gasteiger charge is -2.12. The molecular weight excluding hydrogens is 246 g/mol. The molecule has 0 N–H and O–H groups in total. The molecule has 0 saturated heterocycles. The molecule has 0 aliphatic heterocycles. The van der Waals surface area contributed by atoms with E-state index in [4.69, 9.17) is 4.74 Å². The third kappa shape index (κ3) is 11.9. The topological polar surface area (TPSA) is 26.3 Å². The Labute approximate surface area is 106 Å².